The van der Waals surface area contributed by atoms with Crippen LogP contribution in [0.4, 0.5) is 0 Å². The minimum Gasteiger partial charge on any atom is -0.309 e. The molecule has 0 spiro atoms. The Bertz CT molecular complexity index is 683. The van der Waals surface area contributed by atoms with Crippen LogP contribution in [0.3, 0.4) is 0 Å². The number of fused-ring (bicyclic) bond motifs is 2. The first-order valence-corrected chi connectivity index (χ1v) is 7.79. The summed E-state index contributed by atoms with van der Waals surface area (Å²) < 4.78 is 0. The summed E-state index contributed by atoms with van der Waals surface area (Å²) in [5.74, 6) is 1.09. The highest BCUT2D eigenvalue weighted by atomic mass is 32.2. The van der Waals surface area contributed by atoms with Gasteiger partial charge in [0.2, 0.25) is 0 Å². The highest BCUT2D eigenvalue weighted by molar-refractivity contribution is 7.99. The van der Waals surface area contributed by atoms with Crippen LogP contribution in [0.25, 0.3) is 21.8 Å². The average Bonchev–Trinajstić information content (AvgIpc) is 2.46. The Balaban J connectivity index is 2.12. The van der Waals surface area contributed by atoms with Gasteiger partial charge in [0.25, 0.3) is 0 Å². The first kappa shape index (κ1) is 13.4. The fourth-order valence-corrected chi connectivity index (χ4v) is 3.60. The Morgan fingerprint density at radius 1 is 0.900 bits per heavy atom. The lowest BCUT2D eigenvalue weighted by Gasteiger charge is -2.12. The molecule has 1 heterocycles. The Morgan fingerprint density at radius 3 is 2.00 bits per heavy atom. The maximum atomic E-state index is 4.76. The summed E-state index contributed by atoms with van der Waals surface area (Å²) in [6.07, 6.45) is 0. The Hall–Kier alpha value is -1.58. The summed E-state index contributed by atoms with van der Waals surface area (Å²) in [6, 6.07) is 16.8. The van der Waals surface area contributed by atoms with Crippen molar-refractivity contribution in [1.82, 2.24) is 9.88 Å². The van der Waals surface area contributed by atoms with E-state index < -0.39 is 0 Å². The molecule has 0 saturated carbocycles. The largest absolute Gasteiger partial charge is 0.309 e. The van der Waals surface area contributed by atoms with Crippen LogP contribution in [0.15, 0.2) is 53.4 Å². The Labute approximate surface area is 123 Å². The monoisotopic (exact) mass is 282 g/mol. The number of nitrogens with zero attached hydrogens (tertiary/aromatic N) is 2. The van der Waals surface area contributed by atoms with Gasteiger partial charge in [0.1, 0.15) is 0 Å². The van der Waals surface area contributed by atoms with Crippen LogP contribution >= 0.6 is 11.8 Å². The summed E-state index contributed by atoms with van der Waals surface area (Å²) >= 11 is 1.93. The molecule has 2 nitrogen and oxygen atoms in total. The minimum absolute atomic E-state index is 1.08. The van der Waals surface area contributed by atoms with E-state index in [1.807, 2.05) is 11.8 Å². The van der Waals surface area contributed by atoms with Gasteiger partial charge in [-0.3, -0.25) is 0 Å². The SMILES string of the molecule is CN(C)CCSc1c2ccccc2nc2ccccc12. The van der Waals surface area contributed by atoms with Gasteiger partial charge >= 0.3 is 0 Å². The number of benzene rings is 2. The maximum Gasteiger partial charge on any atom is 0.0721 e. The van der Waals surface area contributed by atoms with Gasteiger partial charge < -0.3 is 4.90 Å². The summed E-state index contributed by atoms with van der Waals surface area (Å²) in [6.45, 7) is 1.08. The second-order valence-electron chi connectivity index (χ2n) is 5.13. The molecule has 20 heavy (non-hydrogen) atoms. The third-order valence-corrected chi connectivity index (χ3v) is 4.44. The van der Waals surface area contributed by atoms with E-state index in [0.29, 0.717) is 0 Å². The summed E-state index contributed by atoms with van der Waals surface area (Å²) in [4.78, 5) is 8.33. The van der Waals surface area contributed by atoms with Crippen molar-refractivity contribution in [2.75, 3.05) is 26.4 Å². The lowest BCUT2D eigenvalue weighted by Crippen LogP contribution is -2.14. The van der Waals surface area contributed by atoms with Gasteiger partial charge in [0.05, 0.1) is 11.0 Å². The Kier molecular flexibility index (Phi) is 3.90. The van der Waals surface area contributed by atoms with Gasteiger partial charge in [-0.15, -0.1) is 11.8 Å². The van der Waals surface area contributed by atoms with E-state index in [1.165, 1.54) is 15.7 Å². The molecule has 3 rings (SSSR count). The van der Waals surface area contributed by atoms with Gasteiger partial charge in [-0.1, -0.05) is 36.4 Å². The second kappa shape index (κ2) is 5.81. The smallest absolute Gasteiger partial charge is 0.0721 e. The van der Waals surface area contributed by atoms with Crippen LogP contribution in [-0.4, -0.2) is 36.3 Å². The summed E-state index contributed by atoms with van der Waals surface area (Å²) in [5, 5.41) is 2.52. The molecule has 0 atom stereocenters. The van der Waals surface area contributed by atoms with Crippen molar-refractivity contribution in [3.8, 4) is 0 Å². The van der Waals surface area contributed by atoms with Crippen LogP contribution in [0, 0.1) is 0 Å². The predicted octanol–water partition coefficient (Wildman–Crippen LogP) is 4.04. The molecule has 0 N–H and O–H groups in total. The fourth-order valence-electron chi connectivity index (χ4n) is 2.29. The number of pyridine rings is 1. The van der Waals surface area contributed by atoms with Crippen LogP contribution in [0.1, 0.15) is 0 Å². The van der Waals surface area contributed by atoms with Crippen molar-refractivity contribution in [2.45, 2.75) is 4.90 Å². The van der Waals surface area contributed by atoms with E-state index in [9.17, 15) is 0 Å². The third kappa shape index (κ3) is 2.65. The first-order valence-electron chi connectivity index (χ1n) is 6.81. The summed E-state index contributed by atoms with van der Waals surface area (Å²) in [7, 11) is 4.23. The molecule has 0 bridgehead atoms. The molecule has 0 aliphatic rings. The highest BCUT2D eigenvalue weighted by Gasteiger charge is 2.08. The predicted molar refractivity (Wildman–Crippen MR) is 88.5 cm³/mol. The molecular formula is C17H18N2S. The molecule has 1 aromatic heterocycles. The average molecular weight is 282 g/mol. The molecule has 2 aromatic carbocycles. The molecule has 0 saturated heterocycles. The topological polar surface area (TPSA) is 16.1 Å². The quantitative estimate of drug-likeness (QED) is 0.530. The number of rotatable bonds is 4. The van der Waals surface area contributed by atoms with Crippen molar-refractivity contribution in [1.29, 1.82) is 0 Å². The van der Waals surface area contributed by atoms with E-state index in [1.54, 1.807) is 0 Å². The standard InChI is InChI=1S/C17H18N2S/c1-19(2)11-12-20-17-13-7-3-5-9-15(13)18-16-10-6-4-8-14(16)17/h3-10H,11-12H2,1-2H3. The number of hydrogen-bond acceptors (Lipinski definition) is 3. The number of hydrogen-bond donors (Lipinski definition) is 0. The number of para-hydroxylation sites is 2. The molecule has 3 heteroatoms. The van der Waals surface area contributed by atoms with Crippen LogP contribution in [0.2, 0.25) is 0 Å². The summed E-state index contributed by atoms with van der Waals surface area (Å²) in [5.41, 5.74) is 2.16. The van der Waals surface area contributed by atoms with Gasteiger partial charge in [-0.05, 0) is 26.2 Å². The molecule has 0 radical (unpaired) electrons. The van der Waals surface area contributed by atoms with E-state index >= 15 is 0 Å². The van der Waals surface area contributed by atoms with E-state index in [-0.39, 0.29) is 0 Å². The Morgan fingerprint density at radius 2 is 1.45 bits per heavy atom. The van der Waals surface area contributed by atoms with Crippen LogP contribution in [-0.2, 0) is 0 Å². The van der Waals surface area contributed by atoms with Crippen molar-refractivity contribution >= 4 is 33.6 Å². The van der Waals surface area contributed by atoms with E-state index in [0.717, 1.165) is 23.3 Å². The van der Waals surface area contributed by atoms with Gasteiger partial charge in [0, 0.05) is 28.0 Å². The zero-order chi connectivity index (χ0) is 13.9. The maximum absolute atomic E-state index is 4.76. The van der Waals surface area contributed by atoms with Crippen LogP contribution in [0.5, 0.6) is 0 Å². The van der Waals surface area contributed by atoms with Gasteiger partial charge in [-0.25, -0.2) is 4.98 Å². The highest BCUT2D eigenvalue weighted by Crippen LogP contribution is 2.33. The fraction of sp³-hybridized carbons (Fsp3) is 0.235. The lowest BCUT2D eigenvalue weighted by atomic mass is 10.1. The molecule has 3 aromatic rings. The van der Waals surface area contributed by atoms with Gasteiger partial charge in [0.15, 0.2) is 0 Å². The second-order valence-corrected chi connectivity index (χ2v) is 6.23. The third-order valence-electron chi connectivity index (χ3n) is 3.32. The van der Waals surface area contributed by atoms with Crippen LogP contribution < -0.4 is 0 Å². The molecular weight excluding hydrogens is 264 g/mol. The van der Waals surface area contributed by atoms with Crippen molar-refractivity contribution in [3.05, 3.63) is 48.5 Å². The molecule has 0 aliphatic heterocycles. The molecule has 0 aliphatic carbocycles. The molecule has 0 unspecified atom stereocenters. The lowest BCUT2D eigenvalue weighted by molar-refractivity contribution is 0.437. The first-order chi connectivity index (χ1) is 9.75. The normalized spacial score (nSPS) is 11.6. The van der Waals surface area contributed by atoms with E-state index in [4.69, 9.17) is 4.98 Å². The van der Waals surface area contributed by atoms with Crippen molar-refractivity contribution in [3.63, 3.8) is 0 Å². The van der Waals surface area contributed by atoms with Gasteiger partial charge in [-0.2, -0.15) is 0 Å². The molecule has 102 valence electrons. The number of aromatic nitrogens is 1. The van der Waals surface area contributed by atoms with Crippen molar-refractivity contribution < 1.29 is 0 Å². The zero-order valence-corrected chi connectivity index (χ0v) is 12.7. The molecule has 0 fully saturated rings. The minimum atomic E-state index is 1.08. The van der Waals surface area contributed by atoms with E-state index in [2.05, 4.69) is 67.5 Å². The number of thioether (sulfide) groups is 1. The molecule has 0 amide bonds. The van der Waals surface area contributed by atoms with Crippen molar-refractivity contribution in [2.24, 2.45) is 0 Å². The zero-order valence-electron chi connectivity index (χ0n) is 11.8.